The van der Waals surface area contributed by atoms with E-state index in [1.54, 1.807) is 13.8 Å². The monoisotopic (exact) mass is 259 g/mol. The molecule has 1 aromatic rings. The first kappa shape index (κ1) is 14.7. The van der Waals surface area contributed by atoms with E-state index in [0.717, 1.165) is 12.1 Å². The normalized spacial score (nSPS) is 15.3. The van der Waals surface area contributed by atoms with Crippen LogP contribution >= 0.6 is 0 Å². The SMILES string of the molecule is CCC(C)(N)C(=O)c1ccc(C(F)(F)F)cc1C. The van der Waals surface area contributed by atoms with Gasteiger partial charge in [-0.05, 0) is 38.0 Å². The molecule has 1 rings (SSSR count). The molecule has 0 heterocycles. The third-order valence-corrected chi connectivity index (χ3v) is 3.05. The maximum Gasteiger partial charge on any atom is 0.416 e. The third-order valence-electron chi connectivity index (χ3n) is 3.05. The topological polar surface area (TPSA) is 43.1 Å². The highest BCUT2D eigenvalue weighted by molar-refractivity contribution is 6.03. The van der Waals surface area contributed by atoms with Gasteiger partial charge in [0.1, 0.15) is 0 Å². The number of Topliss-reactive ketones (excluding diaryl/α,β-unsaturated/α-hetero) is 1. The Labute approximate surface area is 104 Å². The molecule has 0 aliphatic carbocycles. The quantitative estimate of drug-likeness (QED) is 0.846. The van der Waals surface area contributed by atoms with Crippen LogP contribution in [0, 0.1) is 6.92 Å². The molecule has 1 unspecified atom stereocenters. The van der Waals surface area contributed by atoms with E-state index in [-0.39, 0.29) is 11.3 Å². The lowest BCUT2D eigenvalue weighted by Gasteiger charge is -2.22. The van der Waals surface area contributed by atoms with Gasteiger partial charge in [0.15, 0.2) is 5.78 Å². The minimum absolute atomic E-state index is 0.245. The van der Waals surface area contributed by atoms with Crippen LogP contribution in [0.2, 0.25) is 0 Å². The molecule has 2 nitrogen and oxygen atoms in total. The van der Waals surface area contributed by atoms with Crippen LogP contribution < -0.4 is 5.73 Å². The molecular formula is C13H16F3NO. The van der Waals surface area contributed by atoms with Crippen molar-refractivity contribution in [2.24, 2.45) is 5.73 Å². The molecule has 0 bridgehead atoms. The Bertz CT molecular complexity index is 464. The van der Waals surface area contributed by atoms with E-state index in [0.29, 0.717) is 12.0 Å². The Morgan fingerprint density at radius 1 is 1.33 bits per heavy atom. The average Bonchev–Trinajstić information content (AvgIpc) is 2.26. The lowest BCUT2D eigenvalue weighted by Crippen LogP contribution is -2.44. The fourth-order valence-corrected chi connectivity index (χ4v) is 1.56. The maximum atomic E-state index is 12.5. The standard InChI is InChI=1S/C13H16F3NO/c1-4-12(3,17)11(18)10-6-5-9(7-8(10)2)13(14,15)16/h5-7H,4,17H2,1-3H3. The van der Waals surface area contributed by atoms with Crippen molar-refractivity contribution in [1.82, 2.24) is 0 Å². The summed E-state index contributed by atoms with van der Waals surface area (Å²) < 4.78 is 37.5. The summed E-state index contributed by atoms with van der Waals surface area (Å²) in [6.45, 7) is 4.82. The molecule has 18 heavy (non-hydrogen) atoms. The number of hydrogen-bond acceptors (Lipinski definition) is 2. The zero-order valence-corrected chi connectivity index (χ0v) is 10.6. The van der Waals surface area contributed by atoms with E-state index in [2.05, 4.69) is 0 Å². The van der Waals surface area contributed by atoms with Gasteiger partial charge in [0, 0.05) is 5.56 Å². The van der Waals surface area contributed by atoms with Crippen molar-refractivity contribution in [3.05, 3.63) is 34.9 Å². The van der Waals surface area contributed by atoms with Gasteiger partial charge in [-0.2, -0.15) is 13.2 Å². The maximum absolute atomic E-state index is 12.5. The van der Waals surface area contributed by atoms with Crippen molar-refractivity contribution in [2.75, 3.05) is 0 Å². The largest absolute Gasteiger partial charge is 0.416 e. The fourth-order valence-electron chi connectivity index (χ4n) is 1.56. The van der Waals surface area contributed by atoms with Gasteiger partial charge in [0.25, 0.3) is 0 Å². The highest BCUT2D eigenvalue weighted by Gasteiger charge is 2.33. The smallest absolute Gasteiger partial charge is 0.319 e. The van der Waals surface area contributed by atoms with E-state index in [1.807, 2.05) is 0 Å². The second kappa shape index (κ2) is 4.72. The van der Waals surface area contributed by atoms with Crippen molar-refractivity contribution < 1.29 is 18.0 Å². The summed E-state index contributed by atoms with van der Waals surface area (Å²) in [5.41, 5.74) is 4.54. The van der Waals surface area contributed by atoms with Gasteiger partial charge in [-0.1, -0.05) is 13.0 Å². The number of nitrogens with two attached hydrogens (primary N) is 1. The van der Waals surface area contributed by atoms with Crippen molar-refractivity contribution in [1.29, 1.82) is 0 Å². The van der Waals surface area contributed by atoms with E-state index in [1.165, 1.54) is 13.0 Å². The van der Waals surface area contributed by atoms with E-state index < -0.39 is 17.3 Å². The second-order valence-corrected chi connectivity index (χ2v) is 4.63. The summed E-state index contributed by atoms with van der Waals surface area (Å²) in [4.78, 5) is 12.1. The summed E-state index contributed by atoms with van der Waals surface area (Å²) >= 11 is 0. The summed E-state index contributed by atoms with van der Waals surface area (Å²) in [5.74, 6) is -0.337. The minimum Gasteiger partial charge on any atom is -0.319 e. The number of alkyl halides is 3. The Balaban J connectivity index is 3.19. The fraction of sp³-hybridized carbons (Fsp3) is 0.462. The molecule has 1 atom stereocenters. The lowest BCUT2D eigenvalue weighted by molar-refractivity contribution is -0.137. The van der Waals surface area contributed by atoms with Gasteiger partial charge < -0.3 is 5.73 Å². The number of rotatable bonds is 3. The van der Waals surface area contributed by atoms with Crippen LogP contribution in [0.25, 0.3) is 0 Å². The van der Waals surface area contributed by atoms with E-state index >= 15 is 0 Å². The molecular weight excluding hydrogens is 243 g/mol. The van der Waals surface area contributed by atoms with Crippen LogP contribution in [0.15, 0.2) is 18.2 Å². The first-order chi connectivity index (χ1) is 8.09. The van der Waals surface area contributed by atoms with Gasteiger partial charge in [-0.3, -0.25) is 4.79 Å². The summed E-state index contributed by atoms with van der Waals surface area (Å²) in [6.07, 6.45) is -3.98. The van der Waals surface area contributed by atoms with Gasteiger partial charge in [0.05, 0.1) is 11.1 Å². The van der Waals surface area contributed by atoms with Crippen LogP contribution in [0.1, 0.15) is 41.8 Å². The molecule has 0 aliphatic heterocycles. The number of halogens is 3. The van der Waals surface area contributed by atoms with Crippen molar-refractivity contribution in [3.63, 3.8) is 0 Å². The van der Waals surface area contributed by atoms with E-state index in [9.17, 15) is 18.0 Å². The second-order valence-electron chi connectivity index (χ2n) is 4.63. The molecule has 5 heteroatoms. The summed E-state index contributed by atoms with van der Waals surface area (Å²) in [6, 6.07) is 3.08. The molecule has 0 spiro atoms. The molecule has 0 radical (unpaired) electrons. The Morgan fingerprint density at radius 2 is 1.89 bits per heavy atom. The van der Waals surface area contributed by atoms with Gasteiger partial charge in [0.2, 0.25) is 0 Å². The molecule has 100 valence electrons. The highest BCUT2D eigenvalue weighted by Crippen LogP contribution is 2.31. The zero-order chi connectivity index (χ0) is 14.1. The Kier molecular flexibility index (Phi) is 3.86. The van der Waals surface area contributed by atoms with Gasteiger partial charge in [-0.15, -0.1) is 0 Å². The summed E-state index contributed by atoms with van der Waals surface area (Å²) in [5, 5.41) is 0. The zero-order valence-electron chi connectivity index (χ0n) is 10.6. The number of aryl methyl sites for hydroxylation is 1. The molecule has 0 aromatic heterocycles. The van der Waals surface area contributed by atoms with Gasteiger partial charge in [-0.25, -0.2) is 0 Å². The molecule has 0 fully saturated rings. The number of hydrogen-bond donors (Lipinski definition) is 1. The van der Waals surface area contributed by atoms with Crippen LogP contribution in [0.3, 0.4) is 0 Å². The molecule has 0 amide bonds. The summed E-state index contributed by atoms with van der Waals surface area (Å²) in [7, 11) is 0. The number of benzene rings is 1. The first-order valence-corrected chi connectivity index (χ1v) is 5.61. The van der Waals surface area contributed by atoms with Crippen LogP contribution in [0.4, 0.5) is 13.2 Å². The number of carbonyl (C=O) groups excluding carboxylic acids is 1. The molecule has 0 aliphatic rings. The number of carbonyl (C=O) groups is 1. The van der Waals surface area contributed by atoms with Crippen molar-refractivity contribution in [2.45, 2.75) is 38.9 Å². The molecule has 2 N–H and O–H groups in total. The van der Waals surface area contributed by atoms with Crippen molar-refractivity contribution >= 4 is 5.78 Å². The van der Waals surface area contributed by atoms with Gasteiger partial charge >= 0.3 is 6.18 Å². The highest BCUT2D eigenvalue weighted by atomic mass is 19.4. The lowest BCUT2D eigenvalue weighted by atomic mass is 9.87. The molecule has 1 aromatic carbocycles. The number of ketones is 1. The van der Waals surface area contributed by atoms with Crippen LogP contribution in [-0.4, -0.2) is 11.3 Å². The Morgan fingerprint density at radius 3 is 2.28 bits per heavy atom. The van der Waals surface area contributed by atoms with Crippen molar-refractivity contribution in [3.8, 4) is 0 Å². The molecule has 0 saturated carbocycles. The van der Waals surface area contributed by atoms with Crippen LogP contribution in [-0.2, 0) is 6.18 Å². The predicted octanol–water partition coefficient (Wildman–Crippen LogP) is 3.32. The van der Waals surface area contributed by atoms with E-state index in [4.69, 9.17) is 5.73 Å². The average molecular weight is 259 g/mol. The third kappa shape index (κ3) is 2.90. The first-order valence-electron chi connectivity index (χ1n) is 5.61. The Hall–Kier alpha value is -1.36. The predicted molar refractivity (Wildman–Crippen MR) is 63.4 cm³/mol. The minimum atomic E-state index is -4.40. The van der Waals surface area contributed by atoms with Crippen LogP contribution in [0.5, 0.6) is 0 Å². The molecule has 0 saturated heterocycles.